The molecular formula is C24H20N4O. The predicted molar refractivity (Wildman–Crippen MR) is 112 cm³/mol. The van der Waals surface area contributed by atoms with Gasteiger partial charge >= 0.3 is 0 Å². The quantitative estimate of drug-likeness (QED) is 0.556. The Morgan fingerprint density at radius 2 is 1.72 bits per heavy atom. The van der Waals surface area contributed by atoms with Crippen molar-refractivity contribution in [1.82, 2.24) is 14.9 Å². The summed E-state index contributed by atoms with van der Waals surface area (Å²) in [5, 5.41) is 12.1. The second-order valence-corrected chi connectivity index (χ2v) is 6.91. The van der Waals surface area contributed by atoms with Crippen molar-refractivity contribution in [1.29, 1.82) is 5.26 Å². The Hall–Kier alpha value is -3.91. The Bertz CT molecular complexity index is 1190. The minimum atomic E-state index is -0.270. The molecule has 5 nitrogen and oxygen atoms in total. The number of para-hydroxylation sites is 2. The first-order valence-electron chi connectivity index (χ1n) is 9.46. The number of aromatic nitrogens is 2. The molecule has 0 aliphatic heterocycles. The van der Waals surface area contributed by atoms with E-state index in [2.05, 4.69) is 16.0 Å². The lowest BCUT2D eigenvalue weighted by atomic mass is 10.1. The fourth-order valence-electron chi connectivity index (χ4n) is 3.39. The van der Waals surface area contributed by atoms with Gasteiger partial charge in [0.1, 0.15) is 5.82 Å². The molecule has 0 fully saturated rings. The number of nitrogens with one attached hydrogen (secondary N) is 1. The van der Waals surface area contributed by atoms with E-state index >= 15 is 0 Å². The molecule has 4 rings (SSSR count). The molecule has 4 aromatic rings. The summed E-state index contributed by atoms with van der Waals surface area (Å²) in [7, 11) is 0. The van der Waals surface area contributed by atoms with Crippen LogP contribution in [0.25, 0.3) is 11.0 Å². The van der Waals surface area contributed by atoms with Gasteiger partial charge in [-0.05, 0) is 48.9 Å². The lowest BCUT2D eigenvalue weighted by molar-refractivity contribution is 0.0938. The molecule has 0 radical (unpaired) electrons. The van der Waals surface area contributed by atoms with E-state index < -0.39 is 0 Å². The van der Waals surface area contributed by atoms with Crippen molar-refractivity contribution in [2.75, 3.05) is 0 Å². The van der Waals surface area contributed by atoms with Gasteiger partial charge in [0.2, 0.25) is 0 Å². The summed E-state index contributed by atoms with van der Waals surface area (Å²) in [6, 6.07) is 26.5. The second-order valence-electron chi connectivity index (χ2n) is 6.91. The summed E-state index contributed by atoms with van der Waals surface area (Å²) >= 11 is 0. The Kier molecular flexibility index (Phi) is 5.08. The van der Waals surface area contributed by atoms with Crippen molar-refractivity contribution in [2.24, 2.45) is 0 Å². The first-order valence-corrected chi connectivity index (χ1v) is 9.46. The average molecular weight is 380 g/mol. The summed E-state index contributed by atoms with van der Waals surface area (Å²) in [4.78, 5) is 17.4. The van der Waals surface area contributed by atoms with Crippen LogP contribution in [-0.4, -0.2) is 15.5 Å². The maximum Gasteiger partial charge on any atom is 0.251 e. The second kappa shape index (κ2) is 7.99. The number of carbonyl (C=O) groups is 1. The molecule has 1 N–H and O–H groups in total. The van der Waals surface area contributed by atoms with Crippen molar-refractivity contribution in [3.8, 4) is 6.07 Å². The minimum absolute atomic E-state index is 0.130. The molecule has 0 spiro atoms. The van der Waals surface area contributed by atoms with Crippen LogP contribution in [0.2, 0.25) is 0 Å². The number of rotatable bonds is 5. The van der Waals surface area contributed by atoms with Crippen LogP contribution in [0.4, 0.5) is 0 Å². The third kappa shape index (κ3) is 3.87. The van der Waals surface area contributed by atoms with E-state index in [0.717, 1.165) is 22.4 Å². The summed E-state index contributed by atoms with van der Waals surface area (Å²) in [6.07, 6.45) is 0. The van der Waals surface area contributed by atoms with Gasteiger partial charge in [0.25, 0.3) is 5.91 Å². The summed E-state index contributed by atoms with van der Waals surface area (Å²) in [5.74, 6) is 0.662. The van der Waals surface area contributed by atoms with Crippen LogP contribution >= 0.6 is 0 Å². The Morgan fingerprint density at radius 1 is 1.03 bits per heavy atom. The van der Waals surface area contributed by atoms with Gasteiger partial charge in [0.05, 0.1) is 28.7 Å². The van der Waals surface area contributed by atoms with E-state index in [1.54, 1.807) is 12.1 Å². The molecule has 0 saturated heterocycles. The zero-order valence-corrected chi connectivity index (χ0v) is 16.0. The minimum Gasteiger partial charge on any atom is -0.342 e. The Labute approximate surface area is 169 Å². The number of hydrogen-bond donors (Lipinski definition) is 1. The molecule has 1 aromatic heterocycles. The molecule has 3 aromatic carbocycles. The van der Waals surface area contributed by atoms with Crippen molar-refractivity contribution in [2.45, 2.75) is 19.5 Å². The maximum absolute atomic E-state index is 12.6. The van der Waals surface area contributed by atoms with Gasteiger partial charge in [-0.25, -0.2) is 4.98 Å². The lowest BCUT2D eigenvalue weighted by Crippen LogP contribution is -2.28. The van der Waals surface area contributed by atoms with Gasteiger partial charge in [-0.1, -0.05) is 42.5 Å². The van der Waals surface area contributed by atoms with E-state index in [0.29, 0.717) is 17.7 Å². The van der Waals surface area contributed by atoms with Crippen LogP contribution in [-0.2, 0) is 6.54 Å². The molecule has 142 valence electrons. The monoisotopic (exact) mass is 380 g/mol. The topological polar surface area (TPSA) is 70.7 Å². The molecule has 29 heavy (non-hydrogen) atoms. The molecule has 1 atom stereocenters. The van der Waals surface area contributed by atoms with Gasteiger partial charge < -0.3 is 9.88 Å². The Balaban J connectivity index is 1.67. The molecule has 0 aliphatic carbocycles. The van der Waals surface area contributed by atoms with Crippen LogP contribution in [0.15, 0.2) is 78.9 Å². The number of carbonyl (C=O) groups excluding carboxylic acids is 1. The Morgan fingerprint density at radius 3 is 2.45 bits per heavy atom. The zero-order valence-electron chi connectivity index (χ0n) is 16.0. The van der Waals surface area contributed by atoms with Crippen LogP contribution in [0.1, 0.15) is 40.3 Å². The fraction of sp³-hybridized carbons (Fsp3) is 0.125. The smallest absolute Gasteiger partial charge is 0.251 e. The van der Waals surface area contributed by atoms with Crippen LogP contribution in [0.5, 0.6) is 0 Å². The number of nitrogens with zero attached hydrogens (tertiary/aromatic N) is 3. The van der Waals surface area contributed by atoms with E-state index in [1.165, 1.54) is 0 Å². The van der Waals surface area contributed by atoms with Crippen LogP contribution < -0.4 is 5.32 Å². The molecule has 0 saturated carbocycles. The molecular weight excluding hydrogens is 360 g/mol. The number of nitriles is 1. The maximum atomic E-state index is 12.6. The van der Waals surface area contributed by atoms with Gasteiger partial charge in [0.15, 0.2) is 0 Å². The van der Waals surface area contributed by atoms with E-state index in [1.807, 2.05) is 73.7 Å². The van der Waals surface area contributed by atoms with Gasteiger partial charge in [-0.3, -0.25) is 4.79 Å². The summed E-state index contributed by atoms with van der Waals surface area (Å²) in [5.41, 5.74) is 4.21. The highest BCUT2D eigenvalue weighted by molar-refractivity contribution is 5.94. The first-order chi connectivity index (χ1) is 14.2. The van der Waals surface area contributed by atoms with Crippen molar-refractivity contribution >= 4 is 16.9 Å². The number of imidazole rings is 1. The molecule has 1 amide bonds. The van der Waals surface area contributed by atoms with Crippen molar-refractivity contribution in [3.63, 3.8) is 0 Å². The molecule has 0 aliphatic rings. The molecule has 0 bridgehead atoms. The van der Waals surface area contributed by atoms with E-state index in [9.17, 15) is 4.79 Å². The number of amides is 1. The highest BCUT2D eigenvalue weighted by Crippen LogP contribution is 2.23. The normalized spacial score (nSPS) is 11.7. The number of benzene rings is 3. The summed E-state index contributed by atoms with van der Waals surface area (Å²) < 4.78 is 2.12. The molecule has 5 heteroatoms. The highest BCUT2D eigenvalue weighted by Gasteiger charge is 2.19. The van der Waals surface area contributed by atoms with Crippen LogP contribution in [0.3, 0.4) is 0 Å². The SMILES string of the molecule is C[C@@H](NC(=O)c1ccccc1)c1nc2ccccc2n1Cc1ccc(C#N)cc1. The van der Waals surface area contributed by atoms with Crippen molar-refractivity contribution in [3.05, 3.63) is 101 Å². The van der Waals surface area contributed by atoms with Crippen LogP contribution in [0, 0.1) is 11.3 Å². The first kappa shape index (κ1) is 18.5. The third-order valence-electron chi connectivity index (χ3n) is 4.88. The standard InChI is InChI=1S/C24H20N4O/c1-17(26-24(29)20-7-3-2-4-8-20)23-27-21-9-5-6-10-22(21)28(23)16-19-13-11-18(15-25)12-14-19/h2-14,17H,16H2,1H3,(H,26,29)/t17-/m1/s1. The third-order valence-corrected chi connectivity index (χ3v) is 4.88. The zero-order chi connectivity index (χ0) is 20.2. The van der Waals surface area contributed by atoms with Gasteiger partial charge in [-0.15, -0.1) is 0 Å². The van der Waals surface area contributed by atoms with E-state index in [-0.39, 0.29) is 11.9 Å². The largest absolute Gasteiger partial charge is 0.342 e. The molecule has 0 unspecified atom stereocenters. The highest BCUT2D eigenvalue weighted by atomic mass is 16.1. The van der Waals surface area contributed by atoms with E-state index in [4.69, 9.17) is 10.2 Å². The number of hydrogen-bond acceptors (Lipinski definition) is 3. The van der Waals surface area contributed by atoms with Gasteiger partial charge in [0, 0.05) is 12.1 Å². The fourth-order valence-corrected chi connectivity index (χ4v) is 3.39. The number of fused-ring (bicyclic) bond motifs is 1. The molecule has 1 heterocycles. The average Bonchev–Trinajstić information content (AvgIpc) is 3.13. The lowest BCUT2D eigenvalue weighted by Gasteiger charge is -2.16. The van der Waals surface area contributed by atoms with Gasteiger partial charge in [-0.2, -0.15) is 5.26 Å². The summed E-state index contributed by atoms with van der Waals surface area (Å²) in [6.45, 7) is 2.55. The van der Waals surface area contributed by atoms with Crippen molar-refractivity contribution < 1.29 is 4.79 Å². The predicted octanol–water partition coefficient (Wildman–Crippen LogP) is 4.45.